The van der Waals surface area contributed by atoms with Crippen LogP contribution in [0.25, 0.3) is 0 Å². The van der Waals surface area contributed by atoms with Crippen LogP contribution in [0.4, 0.5) is 8.78 Å². The summed E-state index contributed by atoms with van der Waals surface area (Å²) in [5.41, 5.74) is 4.75. The summed E-state index contributed by atoms with van der Waals surface area (Å²) in [4.78, 5) is 0. The van der Waals surface area contributed by atoms with Gasteiger partial charge in [0.1, 0.15) is 6.10 Å². The molecule has 1 atom stereocenters. The Hall–Kier alpha value is -1.00. The van der Waals surface area contributed by atoms with Crippen molar-refractivity contribution in [3.05, 3.63) is 35.9 Å². The second-order valence-electron chi connectivity index (χ2n) is 2.74. The SMILES string of the molecule is NCC(O)C(F)(F)c1ccccc1. The van der Waals surface area contributed by atoms with Gasteiger partial charge in [0.2, 0.25) is 0 Å². The molecule has 0 radical (unpaired) electrons. The van der Waals surface area contributed by atoms with Crippen LogP contribution < -0.4 is 5.73 Å². The molecule has 72 valence electrons. The minimum Gasteiger partial charge on any atom is -0.385 e. The predicted molar refractivity (Wildman–Crippen MR) is 45.4 cm³/mol. The third-order valence-electron chi connectivity index (χ3n) is 1.80. The van der Waals surface area contributed by atoms with E-state index in [0.29, 0.717) is 0 Å². The first-order valence-corrected chi connectivity index (χ1v) is 3.90. The van der Waals surface area contributed by atoms with Crippen molar-refractivity contribution in [2.75, 3.05) is 6.54 Å². The van der Waals surface area contributed by atoms with Crippen LogP contribution in [-0.2, 0) is 5.92 Å². The van der Waals surface area contributed by atoms with Crippen LogP contribution in [0.15, 0.2) is 30.3 Å². The maximum atomic E-state index is 13.2. The van der Waals surface area contributed by atoms with E-state index in [1.54, 1.807) is 6.07 Å². The predicted octanol–water partition coefficient (Wildman–Crippen LogP) is 1.10. The van der Waals surface area contributed by atoms with Crippen molar-refractivity contribution < 1.29 is 13.9 Å². The number of aliphatic hydroxyl groups excluding tert-OH is 1. The fourth-order valence-electron chi connectivity index (χ4n) is 1.00. The molecule has 13 heavy (non-hydrogen) atoms. The van der Waals surface area contributed by atoms with Crippen molar-refractivity contribution in [3.8, 4) is 0 Å². The molecule has 0 fully saturated rings. The van der Waals surface area contributed by atoms with Gasteiger partial charge in [0.15, 0.2) is 0 Å². The number of alkyl halides is 2. The Morgan fingerprint density at radius 1 is 1.31 bits per heavy atom. The Morgan fingerprint density at radius 2 is 1.85 bits per heavy atom. The van der Waals surface area contributed by atoms with Crippen molar-refractivity contribution in [1.82, 2.24) is 0 Å². The lowest BCUT2D eigenvalue weighted by atomic mass is 10.0. The molecule has 0 aromatic heterocycles. The number of hydrogen-bond acceptors (Lipinski definition) is 2. The summed E-state index contributed by atoms with van der Waals surface area (Å²) in [6.07, 6.45) is -1.82. The van der Waals surface area contributed by atoms with E-state index in [0.717, 1.165) is 0 Å². The van der Waals surface area contributed by atoms with Gasteiger partial charge in [-0.25, -0.2) is 0 Å². The summed E-state index contributed by atoms with van der Waals surface area (Å²) in [5.74, 6) is -3.27. The molecule has 1 aromatic carbocycles. The number of aliphatic hydroxyl groups is 1. The molecule has 1 rings (SSSR count). The molecule has 0 heterocycles. The summed E-state index contributed by atoms with van der Waals surface area (Å²) >= 11 is 0. The van der Waals surface area contributed by atoms with E-state index in [1.807, 2.05) is 0 Å². The summed E-state index contributed by atoms with van der Waals surface area (Å²) in [6.45, 7) is -0.456. The van der Waals surface area contributed by atoms with Gasteiger partial charge >= 0.3 is 0 Å². The summed E-state index contributed by atoms with van der Waals surface area (Å²) in [7, 11) is 0. The number of hydrogen-bond donors (Lipinski definition) is 2. The number of nitrogens with two attached hydrogens (primary N) is 1. The quantitative estimate of drug-likeness (QED) is 0.744. The molecule has 0 saturated carbocycles. The highest BCUT2D eigenvalue weighted by molar-refractivity contribution is 5.21. The Balaban J connectivity index is 2.93. The van der Waals surface area contributed by atoms with Gasteiger partial charge in [-0.1, -0.05) is 30.3 Å². The van der Waals surface area contributed by atoms with Crippen molar-refractivity contribution >= 4 is 0 Å². The average Bonchev–Trinajstić information content (AvgIpc) is 2.18. The smallest absolute Gasteiger partial charge is 0.299 e. The van der Waals surface area contributed by atoms with E-state index in [2.05, 4.69) is 0 Å². The van der Waals surface area contributed by atoms with Gasteiger partial charge in [0.05, 0.1) is 0 Å². The van der Waals surface area contributed by atoms with Crippen LogP contribution in [0.2, 0.25) is 0 Å². The topological polar surface area (TPSA) is 46.2 Å². The standard InChI is InChI=1S/C9H11F2NO/c10-9(11,8(13)6-12)7-4-2-1-3-5-7/h1-5,8,13H,6,12H2. The van der Waals surface area contributed by atoms with Crippen molar-refractivity contribution in [3.63, 3.8) is 0 Å². The van der Waals surface area contributed by atoms with E-state index in [1.165, 1.54) is 24.3 Å². The first-order chi connectivity index (χ1) is 6.09. The Kier molecular flexibility index (Phi) is 2.95. The Labute approximate surface area is 75.0 Å². The molecular formula is C9H11F2NO. The number of halogens is 2. The van der Waals surface area contributed by atoms with Gasteiger partial charge in [-0.2, -0.15) is 8.78 Å². The second kappa shape index (κ2) is 3.81. The molecule has 0 aliphatic rings. The molecule has 4 heteroatoms. The van der Waals surface area contributed by atoms with E-state index in [-0.39, 0.29) is 5.56 Å². The number of benzene rings is 1. The lowest BCUT2D eigenvalue weighted by Crippen LogP contribution is -2.37. The summed E-state index contributed by atoms with van der Waals surface area (Å²) in [6, 6.07) is 7.14. The van der Waals surface area contributed by atoms with Crippen LogP contribution in [0.3, 0.4) is 0 Å². The highest BCUT2D eigenvalue weighted by atomic mass is 19.3. The average molecular weight is 187 g/mol. The largest absolute Gasteiger partial charge is 0.385 e. The molecule has 1 unspecified atom stereocenters. The van der Waals surface area contributed by atoms with Crippen LogP contribution >= 0.6 is 0 Å². The zero-order valence-electron chi connectivity index (χ0n) is 6.95. The minimum absolute atomic E-state index is 0.215. The third-order valence-corrected chi connectivity index (χ3v) is 1.80. The van der Waals surface area contributed by atoms with Crippen LogP contribution in [-0.4, -0.2) is 17.8 Å². The third kappa shape index (κ3) is 2.02. The second-order valence-corrected chi connectivity index (χ2v) is 2.74. The molecule has 0 saturated heterocycles. The molecule has 0 amide bonds. The summed E-state index contributed by atoms with van der Waals surface area (Å²) < 4.78 is 26.4. The maximum absolute atomic E-state index is 13.2. The normalized spacial score (nSPS) is 14.2. The van der Waals surface area contributed by atoms with Crippen LogP contribution in [0, 0.1) is 0 Å². The van der Waals surface area contributed by atoms with Crippen LogP contribution in [0.1, 0.15) is 5.56 Å². The van der Waals surface area contributed by atoms with Crippen LogP contribution in [0.5, 0.6) is 0 Å². The monoisotopic (exact) mass is 187 g/mol. The maximum Gasteiger partial charge on any atom is 0.299 e. The first-order valence-electron chi connectivity index (χ1n) is 3.90. The van der Waals surface area contributed by atoms with E-state index in [4.69, 9.17) is 10.8 Å². The van der Waals surface area contributed by atoms with Gasteiger partial charge in [-0.05, 0) is 0 Å². The van der Waals surface area contributed by atoms with Gasteiger partial charge in [0, 0.05) is 12.1 Å². The molecule has 2 nitrogen and oxygen atoms in total. The Morgan fingerprint density at radius 3 is 2.31 bits per heavy atom. The van der Waals surface area contributed by atoms with Crippen molar-refractivity contribution in [2.45, 2.75) is 12.0 Å². The number of rotatable bonds is 3. The van der Waals surface area contributed by atoms with E-state index >= 15 is 0 Å². The van der Waals surface area contributed by atoms with Crippen molar-refractivity contribution in [1.29, 1.82) is 0 Å². The van der Waals surface area contributed by atoms with Gasteiger partial charge in [-0.15, -0.1) is 0 Å². The highest BCUT2D eigenvalue weighted by Crippen LogP contribution is 2.30. The fourth-order valence-corrected chi connectivity index (χ4v) is 1.00. The highest BCUT2D eigenvalue weighted by Gasteiger charge is 2.39. The molecule has 0 spiro atoms. The van der Waals surface area contributed by atoms with Gasteiger partial charge in [-0.3, -0.25) is 0 Å². The lowest BCUT2D eigenvalue weighted by Gasteiger charge is -2.21. The van der Waals surface area contributed by atoms with E-state index in [9.17, 15) is 8.78 Å². The van der Waals surface area contributed by atoms with Crippen molar-refractivity contribution in [2.24, 2.45) is 5.73 Å². The fraction of sp³-hybridized carbons (Fsp3) is 0.333. The lowest BCUT2D eigenvalue weighted by molar-refractivity contribution is -0.110. The molecule has 3 N–H and O–H groups in total. The zero-order valence-corrected chi connectivity index (χ0v) is 6.95. The zero-order chi connectivity index (χ0) is 9.90. The molecular weight excluding hydrogens is 176 g/mol. The van der Waals surface area contributed by atoms with Gasteiger partial charge < -0.3 is 10.8 Å². The molecule has 0 bridgehead atoms. The summed E-state index contributed by atoms with van der Waals surface area (Å²) in [5, 5.41) is 8.96. The first kappa shape index (κ1) is 10.1. The van der Waals surface area contributed by atoms with E-state index < -0.39 is 18.6 Å². The molecule has 1 aromatic rings. The minimum atomic E-state index is -3.27. The molecule has 0 aliphatic heterocycles. The van der Waals surface area contributed by atoms with Gasteiger partial charge in [0.25, 0.3) is 5.92 Å². The Bertz CT molecular complexity index is 264. The molecule has 0 aliphatic carbocycles.